The van der Waals surface area contributed by atoms with Crippen LogP contribution in [0.25, 0.3) is 0 Å². The third-order valence-electron chi connectivity index (χ3n) is 4.25. The number of hydrogen-bond donors (Lipinski definition) is 2. The van der Waals surface area contributed by atoms with Crippen molar-refractivity contribution in [2.45, 2.75) is 90.7 Å². The lowest BCUT2D eigenvalue weighted by atomic mass is 9.95. The van der Waals surface area contributed by atoms with E-state index in [1.54, 1.807) is 11.3 Å². The molecule has 1 atom stereocenters. The van der Waals surface area contributed by atoms with Crippen molar-refractivity contribution in [2.24, 2.45) is 5.73 Å². The molecule has 0 saturated heterocycles. The molecule has 0 aliphatic rings. The number of aliphatic hydroxyl groups is 1. The van der Waals surface area contributed by atoms with Crippen LogP contribution in [0.5, 0.6) is 0 Å². The van der Waals surface area contributed by atoms with Crippen molar-refractivity contribution in [1.82, 2.24) is 0 Å². The van der Waals surface area contributed by atoms with Crippen molar-refractivity contribution in [3.05, 3.63) is 21.4 Å². The number of hydrogen-bond acceptors (Lipinski definition) is 3. The van der Waals surface area contributed by atoms with Gasteiger partial charge in [0.05, 0.1) is 4.88 Å². The molecule has 0 saturated carbocycles. The predicted octanol–water partition coefficient (Wildman–Crippen LogP) is 5.42. The van der Waals surface area contributed by atoms with Crippen LogP contribution in [0.15, 0.2) is 5.38 Å². The van der Waals surface area contributed by atoms with Gasteiger partial charge in [0, 0.05) is 0 Å². The lowest BCUT2D eigenvalue weighted by Crippen LogP contribution is -2.36. The maximum Gasteiger partial charge on any atom is 0.149 e. The molecule has 0 amide bonds. The van der Waals surface area contributed by atoms with E-state index in [1.807, 2.05) is 0 Å². The lowest BCUT2D eigenvalue weighted by Gasteiger charge is -2.23. The summed E-state index contributed by atoms with van der Waals surface area (Å²) in [6.45, 7) is 8.70. The fraction of sp³-hybridized carbons (Fsp3) is 0.778. The lowest BCUT2D eigenvalue weighted by molar-refractivity contribution is 0.0346. The summed E-state index contributed by atoms with van der Waals surface area (Å²) in [4.78, 5) is 0.956. The van der Waals surface area contributed by atoms with Gasteiger partial charge in [0.1, 0.15) is 5.72 Å². The molecular weight excluding hydrogens is 278 g/mol. The van der Waals surface area contributed by atoms with Gasteiger partial charge in [0.15, 0.2) is 0 Å². The van der Waals surface area contributed by atoms with Crippen LogP contribution in [0.1, 0.15) is 94.1 Å². The molecule has 21 heavy (non-hydrogen) atoms. The van der Waals surface area contributed by atoms with Gasteiger partial charge < -0.3 is 5.11 Å². The van der Waals surface area contributed by atoms with E-state index in [2.05, 4.69) is 33.1 Å². The highest BCUT2D eigenvalue weighted by Crippen LogP contribution is 2.35. The van der Waals surface area contributed by atoms with Gasteiger partial charge in [-0.05, 0) is 42.2 Å². The fourth-order valence-electron chi connectivity index (χ4n) is 2.89. The molecule has 0 fully saturated rings. The quantitative estimate of drug-likeness (QED) is 0.447. The van der Waals surface area contributed by atoms with Crippen LogP contribution in [0.3, 0.4) is 0 Å². The molecule has 0 aromatic carbocycles. The highest BCUT2D eigenvalue weighted by molar-refractivity contribution is 7.10. The minimum atomic E-state index is -1.15. The summed E-state index contributed by atoms with van der Waals surface area (Å²) in [5, 5.41) is 12.7. The maximum absolute atomic E-state index is 10.6. The van der Waals surface area contributed by atoms with Gasteiger partial charge in [-0.15, -0.1) is 11.3 Å². The largest absolute Gasteiger partial charge is 0.371 e. The number of nitrogens with two attached hydrogens (primary N) is 1. The first-order chi connectivity index (χ1) is 9.90. The smallest absolute Gasteiger partial charge is 0.149 e. The van der Waals surface area contributed by atoms with Crippen LogP contribution < -0.4 is 5.73 Å². The van der Waals surface area contributed by atoms with E-state index in [0.717, 1.165) is 11.3 Å². The monoisotopic (exact) mass is 311 g/mol. The standard InChI is InChI=1S/C18H33NOS/c1-5-6-7-8-9-10-11-12-18(19,20)17-15(4)16(13-21-17)14(2)3/h13-14,20H,5-12,19H2,1-4H3. The van der Waals surface area contributed by atoms with Crippen molar-refractivity contribution < 1.29 is 5.11 Å². The number of unbranched alkanes of at least 4 members (excludes halogenated alkanes) is 6. The first-order valence-electron chi connectivity index (χ1n) is 8.49. The molecule has 3 heteroatoms. The SMILES string of the molecule is CCCCCCCCCC(N)(O)c1scc(C(C)C)c1C. The molecule has 0 spiro atoms. The Morgan fingerprint density at radius 1 is 1.14 bits per heavy atom. The van der Waals surface area contributed by atoms with Gasteiger partial charge in [0.25, 0.3) is 0 Å². The molecule has 1 rings (SSSR count). The summed E-state index contributed by atoms with van der Waals surface area (Å²) in [6.07, 6.45) is 9.39. The molecule has 1 aromatic rings. The second-order valence-electron chi connectivity index (χ2n) is 6.60. The van der Waals surface area contributed by atoms with Gasteiger partial charge >= 0.3 is 0 Å². The zero-order valence-electron chi connectivity index (χ0n) is 14.2. The zero-order valence-corrected chi connectivity index (χ0v) is 15.1. The van der Waals surface area contributed by atoms with Gasteiger partial charge in [0.2, 0.25) is 0 Å². The average Bonchev–Trinajstić information content (AvgIpc) is 2.80. The van der Waals surface area contributed by atoms with Crippen LogP contribution in [0, 0.1) is 6.92 Å². The van der Waals surface area contributed by atoms with E-state index >= 15 is 0 Å². The maximum atomic E-state index is 10.6. The Balaban J connectivity index is 2.43. The van der Waals surface area contributed by atoms with Crippen LogP contribution in [-0.2, 0) is 5.72 Å². The van der Waals surface area contributed by atoms with E-state index in [9.17, 15) is 5.11 Å². The Labute approximate surface area is 134 Å². The second-order valence-corrected chi connectivity index (χ2v) is 7.48. The van der Waals surface area contributed by atoms with Crippen LogP contribution in [0.4, 0.5) is 0 Å². The summed E-state index contributed by atoms with van der Waals surface area (Å²) in [6, 6.07) is 0. The first kappa shape index (κ1) is 18.7. The fourth-order valence-corrected chi connectivity index (χ4v) is 4.19. The molecule has 0 aliphatic heterocycles. The molecule has 0 aliphatic carbocycles. The van der Waals surface area contributed by atoms with Crippen molar-refractivity contribution in [3.8, 4) is 0 Å². The van der Waals surface area contributed by atoms with Gasteiger partial charge in [-0.1, -0.05) is 59.3 Å². The van der Waals surface area contributed by atoms with Crippen molar-refractivity contribution >= 4 is 11.3 Å². The molecule has 1 unspecified atom stereocenters. The third-order valence-corrected chi connectivity index (χ3v) is 5.52. The molecule has 1 aromatic heterocycles. The van der Waals surface area contributed by atoms with Crippen LogP contribution >= 0.6 is 11.3 Å². The topological polar surface area (TPSA) is 46.2 Å². The molecule has 0 bridgehead atoms. The van der Waals surface area contributed by atoms with E-state index in [0.29, 0.717) is 12.3 Å². The highest BCUT2D eigenvalue weighted by Gasteiger charge is 2.28. The second kappa shape index (κ2) is 8.92. The molecule has 2 nitrogen and oxygen atoms in total. The highest BCUT2D eigenvalue weighted by atomic mass is 32.1. The summed E-state index contributed by atoms with van der Waals surface area (Å²) < 4.78 is 0. The Kier molecular flexibility index (Phi) is 7.93. The summed E-state index contributed by atoms with van der Waals surface area (Å²) in [5.41, 5.74) is 7.53. The zero-order chi connectivity index (χ0) is 15.9. The normalized spacial score (nSPS) is 14.6. The Morgan fingerprint density at radius 3 is 2.24 bits per heavy atom. The van der Waals surface area contributed by atoms with E-state index < -0.39 is 5.72 Å². The van der Waals surface area contributed by atoms with Gasteiger partial charge in [-0.25, -0.2) is 0 Å². The number of thiophene rings is 1. The molecule has 3 N–H and O–H groups in total. The summed E-state index contributed by atoms with van der Waals surface area (Å²) in [5.74, 6) is 0.490. The van der Waals surface area contributed by atoms with E-state index in [4.69, 9.17) is 5.73 Å². The minimum Gasteiger partial charge on any atom is -0.371 e. The van der Waals surface area contributed by atoms with Gasteiger partial charge in [-0.3, -0.25) is 5.73 Å². The minimum absolute atomic E-state index is 0.490. The molecule has 0 radical (unpaired) electrons. The number of rotatable bonds is 10. The van der Waals surface area contributed by atoms with Crippen molar-refractivity contribution in [1.29, 1.82) is 0 Å². The Bertz CT molecular complexity index is 409. The first-order valence-corrected chi connectivity index (χ1v) is 9.37. The average molecular weight is 312 g/mol. The van der Waals surface area contributed by atoms with Crippen molar-refractivity contribution in [3.63, 3.8) is 0 Å². The summed E-state index contributed by atoms with van der Waals surface area (Å²) in [7, 11) is 0. The Hall–Kier alpha value is -0.380. The third kappa shape index (κ3) is 5.72. The molecular formula is C18H33NOS. The van der Waals surface area contributed by atoms with Crippen molar-refractivity contribution in [2.75, 3.05) is 0 Å². The van der Waals surface area contributed by atoms with Gasteiger partial charge in [-0.2, -0.15) is 0 Å². The van der Waals surface area contributed by atoms with Crippen LogP contribution in [-0.4, -0.2) is 5.11 Å². The molecule has 122 valence electrons. The molecule has 1 heterocycles. The van der Waals surface area contributed by atoms with E-state index in [1.165, 1.54) is 49.7 Å². The Morgan fingerprint density at radius 2 is 1.71 bits per heavy atom. The van der Waals surface area contributed by atoms with E-state index in [-0.39, 0.29) is 0 Å². The summed E-state index contributed by atoms with van der Waals surface area (Å²) >= 11 is 1.61. The van der Waals surface area contributed by atoms with Crippen LogP contribution in [0.2, 0.25) is 0 Å². The predicted molar refractivity (Wildman–Crippen MR) is 93.8 cm³/mol.